The van der Waals surface area contributed by atoms with E-state index in [0.717, 1.165) is 29.2 Å². The zero-order chi connectivity index (χ0) is 25.5. The van der Waals surface area contributed by atoms with Crippen molar-refractivity contribution in [2.75, 3.05) is 6.61 Å². The molecule has 4 rings (SSSR count). The molecule has 0 bridgehead atoms. The molecule has 0 saturated heterocycles. The van der Waals surface area contributed by atoms with Crippen molar-refractivity contribution in [3.63, 3.8) is 0 Å². The van der Waals surface area contributed by atoms with Gasteiger partial charge in [-0.2, -0.15) is 0 Å². The summed E-state index contributed by atoms with van der Waals surface area (Å²) in [4.78, 5) is 0. The SMILES string of the molecule is Cc1ccc(C)c(-c2ccc(-c3nnc(-c4cccc(OCCC(C)CCCC(C)C)c4)o3)cc2)c1. The van der Waals surface area contributed by atoms with Gasteiger partial charge in [-0.1, -0.05) is 82.0 Å². The second-order valence-electron chi connectivity index (χ2n) is 10.4. The van der Waals surface area contributed by atoms with Gasteiger partial charge < -0.3 is 9.15 Å². The lowest BCUT2D eigenvalue weighted by atomic mass is 9.98. The van der Waals surface area contributed by atoms with Crippen molar-refractivity contribution in [2.24, 2.45) is 11.8 Å². The minimum Gasteiger partial charge on any atom is -0.494 e. The summed E-state index contributed by atoms with van der Waals surface area (Å²) in [5.74, 6) is 3.30. The topological polar surface area (TPSA) is 48.2 Å². The Morgan fingerprint density at radius 2 is 1.47 bits per heavy atom. The van der Waals surface area contributed by atoms with Crippen LogP contribution in [0.4, 0.5) is 0 Å². The van der Waals surface area contributed by atoms with E-state index in [4.69, 9.17) is 9.15 Å². The lowest BCUT2D eigenvalue weighted by Crippen LogP contribution is -2.05. The van der Waals surface area contributed by atoms with E-state index >= 15 is 0 Å². The molecule has 1 atom stereocenters. The summed E-state index contributed by atoms with van der Waals surface area (Å²) < 4.78 is 12.1. The van der Waals surface area contributed by atoms with Crippen LogP contribution in [-0.2, 0) is 0 Å². The van der Waals surface area contributed by atoms with Gasteiger partial charge in [-0.05, 0) is 79.1 Å². The van der Waals surface area contributed by atoms with Crippen molar-refractivity contribution in [3.8, 4) is 39.8 Å². The monoisotopic (exact) mass is 482 g/mol. The summed E-state index contributed by atoms with van der Waals surface area (Å²) in [5.41, 5.74) is 6.71. The van der Waals surface area contributed by atoms with Gasteiger partial charge in [0.1, 0.15) is 5.75 Å². The molecule has 0 aliphatic heterocycles. The van der Waals surface area contributed by atoms with Gasteiger partial charge in [0.25, 0.3) is 0 Å². The highest BCUT2D eigenvalue weighted by Gasteiger charge is 2.12. The number of aryl methyl sites for hydroxylation is 2. The molecule has 36 heavy (non-hydrogen) atoms. The third-order valence-electron chi connectivity index (χ3n) is 6.70. The average Bonchev–Trinajstić information content (AvgIpc) is 3.36. The third-order valence-corrected chi connectivity index (χ3v) is 6.70. The highest BCUT2D eigenvalue weighted by atomic mass is 16.5. The van der Waals surface area contributed by atoms with Crippen LogP contribution in [-0.4, -0.2) is 16.8 Å². The molecule has 3 aromatic carbocycles. The van der Waals surface area contributed by atoms with Crippen molar-refractivity contribution >= 4 is 0 Å². The normalized spacial score (nSPS) is 12.2. The van der Waals surface area contributed by atoms with Gasteiger partial charge in [-0.3, -0.25) is 0 Å². The molecule has 0 radical (unpaired) electrons. The molecule has 0 fully saturated rings. The van der Waals surface area contributed by atoms with Crippen LogP contribution in [0.1, 0.15) is 57.6 Å². The maximum absolute atomic E-state index is 6.04. The first-order valence-corrected chi connectivity index (χ1v) is 13.1. The van der Waals surface area contributed by atoms with Crippen LogP contribution in [0.5, 0.6) is 5.75 Å². The predicted octanol–water partition coefficient (Wildman–Crippen LogP) is 8.92. The molecule has 0 aliphatic carbocycles. The second kappa shape index (κ2) is 12.0. The molecule has 188 valence electrons. The molecule has 4 nitrogen and oxygen atoms in total. The van der Waals surface area contributed by atoms with Crippen LogP contribution >= 0.6 is 0 Å². The number of hydrogen-bond acceptors (Lipinski definition) is 4. The quantitative estimate of drug-likeness (QED) is 0.214. The van der Waals surface area contributed by atoms with Crippen LogP contribution in [0.25, 0.3) is 34.0 Å². The Labute approximate surface area is 215 Å². The van der Waals surface area contributed by atoms with Gasteiger partial charge in [-0.25, -0.2) is 0 Å². The number of rotatable bonds is 11. The number of benzene rings is 3. The zero-order valence-electron chi connectivity index (χ0n) is 22.3. The van der Waals surface area contributed by atoms with E-state index in [1.165, 1.54) is 41.5 Å². The highest BCUT2D eigenvalue weighted by molar-refractivity contribution is 5.70. The van der Waals surface area contributed by atoms with E-state index in [9.17, 15) is 0 Å². The van der Waals surface area contributed by atoms with Gasteiger partial charge in [0.15, 0.2) is 0 Å². The van der Waals surface area contributed by atoms with Crippen molar-refractivity contribution in [2.45, 2.75) is 60.3 Å². The molecule has 0 amide bonds. The van der Waals surface area contributed by atoms with E-state index in [0.29, 0.717) is 24.3 Å². The van der Waals surface area contributed by atoms with Crippen LogP contribution in [0, 0.1) is 25.7 Å². The van der Waals surface area contributed by atoms with E-state index in [1.54, 1.807) is 0 Å². The van der Waals surface area contributed by atoms with Crippen LogP contribution in [0.3, 0.4) is 0 Å². The largest absolute Gasteiger partial charge is 0.494 e. The number of ether oxygens (including phenoxy) is 1. The van der Waals surface area contributed by atoms with Crippen molar-refractivity contribution in [1.29, 1.82) is 0 Å². The molecule has 1 unspecified atom stereocenters. The third kappa shape index (κ3) is 6.84. The van der Waals surface area contributed by atoms with Gasteiger partial charge in [-0.15, -0.1) is 10.2 Å². The lowest BCUT2D eigenvalue weighted by molar-refractivity contribution is 0.276. The van der Waals surface area contributed by atoms with Gasteiger partial charge >= 0.3 is 0 Å². The summed E-state index contributed by atoms with van der Waals surface area (Å²) >= 11 is 0. The highest BCUT2D eigenvalue weighted by Crippen LogP contribution is 2.30. The molecule has 1 heterocycles. The summed E-state index contributed by atoms with van der Waals surface area (Å²) in [5, 5.41) is 8.59. The fourth-order valence-electron chi connectivity index (χ4n) is 4.41. The van der Waals surface area contributed by atoms with E-state index in [-0.39, 0.29) is 0 Å². The Morgan fingerprint density at radius 1 is 0.750 bits per heavy atom. The Kier molecular flexibility index (Phi) is 8.58. The fraction of sp³-hybridized carbons (Fsp3) is 0.375. The van der Waals surface area contributed by atoms with Gasteiger partial charge in [0.05, 0.1) is 6.61 Å². The minimum absolute atomic E-state index is 0.496. The summed E-state index contributed by atoms with van der Waals surface area (Å²) in [6.45, 7) is 11.9. The Morgan fingerprint density at radius 3 is 2.22 bits per heavy atom. The number of hydrogen-bond donors (Lipinski definition) is 0. The molecule has 4 aromatic rings. The minimum atomic E-state index is 0.496. The number of nitrogens with zero attached hydrogens (tertiary/aromatic N) is 2. The van der Waals surface area contributed by atoms with Crippen molar-refractivity contribution < 1.29 is 9.15 Å². The van der Waals surface area contributed by atoms with Crippen LogP contribution in [0.2, 0.25) is 0 Å². The average molecular weight is 483 g/mol. The summed E-state index contributed by atoms with van der Waals surface area (Å²) in [6, 6.07) is 22.7. The molecule has 0 spiro atoms. The van der Waals surface area contributed by atoms with Crippen LogP contribution in [0.15, 0.2) is 71.1 Å². The number of aromatic nitrogens is 2. The van der Waals surface area contributed by atoms with Crippen molar-refractivity contribution in [3.05, 3.63) is 77.9 Å². The zero-order valence-corrected chi connectivity index (χ0v) is 22.3. The summed E-state index contributed by atoms with van der Waals surface area (Å²) in [7, 11) is 0. The molecular weight excluding hydrogens is 444 g/mol. The lowest BCUT2D eigenvalue weighted by Gasteiger charge is -2.13. The first-order chi connectivity index (χ1) is 17.4. The molecule has 0 saturated carbocycles. The Hall–Kier alpha value is -3.40. The molecule has 0 aliphatic rings. The fourth-order valence-corrected chi connectivity index (χ4v) is 4.41. The predicted molar refractivity (Wildman–Crippen MR) is 148 cm³/mol. The van der Waals surface area contributed by atoms with E-state index < -0.39 is 0 Å². The maximum atomic E-state index is 6.04. The first-order valence-electron chi connectivity index (χ1n) is 13.1. The standard InChI is InChI=1S/C32H38N2O2/c1-22(2)8-6-9-23(3)18-19-35-29-11-7-10-28(21-29)32-34-33-31(36-32)27-16-14-26(15-17-27)30-20-24(4)12-13-25(30)5/h7,10-17,20-23H,6,8-9,18-19H2,1-5H3. The molecule has 4 heteroatoms. The van der Waals surface area contributed by atoms with Gasteiger partial charge in [0, 0.05) is 11.1 Å². The molecule has 1 aromatic heterocycles. The van der Waals surface area contributed by atoms with E-state index in [1.807, 2.05) is 36.4 Å². The molecule has 0 N–H and O–H groups in total. The maximum Gasteiger partial charge on any atom is 0.248 e. The Balaban J connectivity index is 1.38. The first kappa shape index (κ1) is 25.7. The Bertz CT molecular complexity index is 1260. The van der Waals surface area contributed by atoms with Crippen LogP contribution < -0.4 is 4.74 Å². The summed E-state index contributed by atoms with van der Waals surface area (Å²) in [6.07, 6.45) is 4.92. The van der Waals surface area contributed by atoms with Crippen molar-refractivity contribution in [1.82, 2.24) is 10.2 Å². The van der Waals surface area contributed by atoms with E-state index in [2.05, 4.69) is 75.1 Å². The van der Waals surface area contributed by atoms with Gasteiger partial charge in [0.2, 0.25) is 11.8 Å². The second-order valence-corrected chi connectivity index (χ2v) is 10.4. The smallest absolute Gasteiger partial charge is 0.248 e. The molecular formula is C32H38N2O2.